The molecule has 6 heteroatoms. The average Bonchev–Trinajstić information content (AvgIpc) is 2.87. The number of alkyl halides is 3. The van der Waals surface area contributed by atoms with Crippen molar-refractivity contribution in [3.63, 3.8) is 0 Å². The maximum atomic E-state index is 13.9. The Bertz CT molecular complexity index is 1100. The number of halogens is 3. The predicted octanol–water partition coefficient (Wildman–Crippen LogP) is 7.59. The zero-order valence-corrected chi connectivity index (χ0v) is 20.2. The molecule has 0 saturated heterocycles. The van der Waals surface area contributed by atoms with Gasteiger partial charge in [-0.25, -0.2) is 0 Å². The molecule has 35 heavy (non-hydrogen) atoms. The van der Waals surface area contributed by atoms with Gasteiger partial charge < -0.3 is 15.2 Å². The zero-order valence-electron chi connectivity index (χ0n) is 20.2. The molecular formula is C29H32F3NO2. The second-order valence-corrected chi connectivity index (χ2v) is 8.14. The maximum absolute atomic E-state index is 13.9. The van der Waals surface area contributed by atoms with Gasteiger partial charge in [0, 0.05) is 6.54 Å². The van der Waals surface area contributed by atoms with Gasteiger partial charge >= 0.3 is 6.18 Å². The second kappa shape index (κ2) is 12.5. The number of hydrogen-bond acceptors (Lipinski definition) is 3. The third kappa shape index (κ3) is 6.89. The fraction of sp³-hybridized carbons (Fsp3) is 0.310. The molecule has 2 N–H and O–H groups in total. The van der Waals surface area contributed by atoms with E-state index in [0.29, 0.717) is 37.5 Å². The molecule has 0 atom stereocenters. The molecule has 3 aromatic rings. The first kappa shape index (κ1) is 26.4. The minimum absolute atomic E-state index is 0.184. The van der Waals surface area contributed by atoms with Crippen LogP contribution in [0, 0.1) is 0 Å². The van der Waals surface area contributed by atoms with Gasteiger partial charge in [0.05, 0.1) is 12.2 Å². The minimum atomic E-state index is -4.46. The van der Waals surface area contributed by atoms with Crippen molar-refractivity contribution in [2.24, 2.45) is 5.73 Å². The highest BCUT2D eigenvalue weighted by Gasteiger charge is 2.34. The summed E-state index contributed by atoms with van der Waals surface area (Å²) in [5.74, 6) is 1.40. The number of allylic oxidation sites excluding steroid dienone is 1. The number of rotatable bonds is 11. The molecule has 0 aliphatic heterocycles. The summed E-state index contributed by atoms with van der Waals surface area (Å²) in [6.45, 7) is 5.39. The third-order valence-corrected chi connectivity index (χ3v) is 5.65. The van der Waals surface area contributed by atoms with Crippen LogP contribution in [0.4, 0.5) is 13.2 Å². The largest absolute Gasteiger partial charge is 0.494 e. The monoisotopic (exact) mass is 483 g/mol. The summed E-state index contributed by atoms with van der Waals surface area (Å²) in [5.41, 5.74) is 8.05. The zero-order chi connectivity index (χ0) is 25.3. The van der Waals surface area contributed by atoms with Crippen LogP contribution in [0.15, 0.2) is 72.8 Å². The fourth-order valence-corrected chi connectivity index (χ4v) is 3.96. The molecule has 3 rings (SSSR count). The molecule has 186 valence electrons. The molecule has 3 nitrogen and oxygen atoms in total. The van der Waals surface area contributed by atoms with E-state index in [0.717, 1.165) is 41.4 Å². The third-order valence-electron chi connectivity index (χ3n) is 5.65. The molecular weight excluding hydrogens is 451 g/mol. The Morgan fingerprint density at radius 2 is 1.31 bits per heavy atom. The van der Waals surface area contributed by atoms with Crippen LogP contribution in [0.1, 0.15) is 55.4 Å². The first-order valence-electron chi connectivity index (χ1n) is 11.9. The van der Waals surface area contributed by atoms with Gasteiger partial charge in [-0.15, -0.1) is 0 Å². The molecule has 0 bridgehead atoms. The van der Waals surface area contributed by atoms with Gasteiger partial charge in [0.15, 0.2) is 0 Å². The van der Waals surface area contributed by atoms with E-state index in [1.165, 1.54) is 6.07 Å². The Morgan fingerprint density at radius 3 is 1.80 bits per heavy atom. The fourth-order valence-electron chi connectivity index (χ4n) is 3.96. The topological polar surface area (TPSA) is 44.5 Å². The summed E-state index contributed by atoms with van der Waals surface area (Å²) in [5, 5.41) is 0. The summed E-state index contributed by atoms with van der Waals surface area (Å²) in [4.78, 5) is 0. The Hall–Kier alpha value is -3.25. The quantitative estimate of drug-likeness (QED) is 0.226. The van der Waals surface area contributed by atoms with Crippen molar-refractivity contribution >= 4 is 11.1 Å². The van der Waals surface area contributed by atoms with Gasteiger partial charge in [-0.1, -0.05) is 62.7 Å². The predicted molar refractivity (Wildman–Crippen MR) is 135 cm³/mol. The lowest BCUT2D eigenvalue weighted by Gasteiger charge is -2.20. The number of unbranched alkanes of at least 4 members (excludes halogenated alkanes) is 1. The van der Waals surface area contributed by atoms with E-state index in [1.54, 1.807) is 12.1 Å². The van der Waals surface area contributed by atoms with E-state index in [2.05, 4.69) is 6.92 Å². The van der Waals surface area contributed by atoms with E-state index in [1.807, 2.05) is 55.5 Å². The highest BCUT2D eigenvalue weighted by molar-refractivity contribution is 5.99. The van der Waals surface area contributed by atoms with Gasteiger partial charge in [-0.3, -0.25) is 0 Å². The van der Waals surface area contributed by atoms with E-state index in [-0.39, 0.29) is 5.56 Å². The van der Waals surface area contributed by atoms with Crippen molar-refractivity contribution in [3.05, 3.63) is 95.1 Å². The summed E-state index contributed by atoms with van der Waals surface area (Å²) in [7, 11) is 0. The van der Waals surface area contributed by atoms with E-state index in [9.17, 15) is 13.2 Å². The van der Waals surface area contributed by atoms with Crippen LogP contribution in [-0.2, 0) is 6.18 Å². The molecule has 0 unspecified atom stereocenters. The first-order valence-corrected chi connectivity index (χ1v) is 11.9. The number of hydrogen-bond donors (Lipinski definition) is 1. The molecule has 0 aliphatic carbocycles. The van der Waals surface area contributed by atoms with Crippen LogP contribution in [0.25, 0.3) is 11.1 Å². The second-order valence-electron chi connectivity index (χ2n) is 8.14. The smallest absolute Gasteiger partial charge is 0.416 e. The van der Waals surface area contributed by atoms with Crippen molar-refractivity contribution in [2.45, 2.75) is 39.3 Å². The van der Waals surface area contributed by atoms with Gasteiger partial charge in [-0.05, 0) is 71.0 Å². The van der Waals surface area contributed by atoms with Gasteiger partial charge in [0.1, 0.15) is 18.1 Å². The van der Waals surface area contributed by atoms with E-state index < -0.39 is 11.7 Å². The minimum Gasteiger partial charge on any atom is -0.494 e. The Morgan fingerprint density at radius 1 is 0.771 bits per heavy atom. The lowest BCUT2D eigenvalue weighted by atomic mass is 9.86. The average molecular weight is 484 g/mol. The van der Waals surface area contributed by atoms with Crippen molar-refractivity contribution in [2.75, 3.05) is 19.8 Å². The molecule has 0 fully saturated rings. The van der Waals surface area contributed by atoms with Crippen LogP contribution >= 0.6 is 0 Å². The van der Waals surface area contributed by atoms with Gasteiger partial charge in [0.2, 0.25) is 0 Å². The van der Waals surface area contributed by atoms with Crippen LogP contribution in [-0.4, -0.2) is 19.8 Å². The lowest BCUT2D eigenvalue weighted by Crippen LogP contribution is -2.10. The maximum Gasteiger partial charge on any atom is 0.416 e. The molecule has 0 heterocycles. The van der Waals surface area contributed by atoms with Crippen molar-refractivity contribution in [3.8, 4) is 11.5 Å². The van der Waals surface area contributed by atoms with E-state index >= 15 is 0 Å². The summed E-state index contributed by atoms with van der Waals surface area (Å²) < 4.78 is 53.1. The van der Waals surface area contributed by atoms with Crippen LogP contribution in [0.2, 0.25) is 0 Å². The van der Waals surface area contributed by atoms with E-state index in [4.69, 9.17) is 15.2 Å². The van der Waals surface area contributed by atoms with Crippen molar-refractivity contribution < 1.29 is 22.6 Å². The molecule has 0 spiro atoms. The molecule has 3 aromatic carbocycles. The number of benzene rings is 3. The lowest BCUT2D eigenvalue weighted by molar-refractivity contribution is -0.137. The molecule has 0 saturated carbocycles. The Kier molecular flexibility index (Phi) is 9.38. The molecule has 0 radical (unpaired) electrons. The van der Waals surface area contributed by atoms with Crippen LogP contribution < -0.4 is 15.2 Å². The van der Waals surface area contributed by atoms with Gasteiger partial charge in [-0.2, -0.15) is 13.2 Å². The Labute approximate surface area is 205 Å². The molecule has 0 aliphatic rings. The van der Waals surface area contributed by atoms with Crippen molar-refractivity contribution in [1.82, 2.24) is 0 Å². The highest BCUT2D eigenvalue weighted by atomic mass is 19.4. The number of nitrogens with two attached hydrogens (primary N) is 1. The number of ether oxygens (including phenoxy) is 2. The van der Waals surface area contributed by atoms with Gasteiger partial charge in [0.25, 0.3) is 0 Å². The SMILES string of the molecule is CCCCOc1ccc(/C(=C(\CC)c2ccccc2C(F)(F)F)c2ccc(OCCN)cc2)cc1. The summed E-state index contributed by atoms with van der Waals surface area (Å²) in [6, 6.07) is 20.7. The summed E-state index contributed by atoms with van der Waals surface area (Å²) >= 11 is 0. The van der Waals surface area contributed by atoms with Crippen LogP contribution in [0.3, 0.4) is 0 Å². The van der Waals surface area contributed by atoms with Crippen molar-refractivity contribution in [1.29, 1.82) is 0 Å². The normalized spacial score (nSPS) is 12.3. The molecule has 0 aromatic heterocycles. The highest BCUT2D eigenvalue weighted by Crippen LogP contribution is 2.41. The summed E-state index contributed by atoms with van der Waals surface area (Å²) in [6.07, 6.45) is -2.05. The standard InChI is InChI=1S/C29H32F3NO2/c1-3-5-19-34-23-14-10-21(11-15-23)28(22-12-16-24(17-13-22)35-20-18-33)25(4-2)26-8-6-7-9-27(26)29(30,31)32/h6-17H,3-5,18-20,33H2,1-2H3/b28-25-. The van der Waals surface area contributed by atoms with Crippen LogP contribution in [0.5, 0.6) is 11.5 Å². The first-order chi connectivity index (χ1) is 16.9. The molecule has 0 amide bonds. The Balaban J connectivity index is 2.15.